The Morgan fingerprint density at radius 2 is 1.79 bits per heavy atom. The van der Waals surface area contributed by atoms with Gasteiger partial charge in [0.1, 0.15) is 5.10 Å². The molecule has 1 aliphatic heterocycles. The molecule has 3 heterocycles. The quantitative estimate of drug-likeness (QED) is 0.0578. The Balaban J connectivity index is 1.62. The van der Waals surface area contributed by atoms with Crippen LogP contribution in [0.1, 0.15) is 24.5 Å². The number of aromatic amines is 1. The number of aryl methyl sites for hydroxylation is 1. The maximum absolute atomic E-state index is 13.2. The van der Waals surface area contributed by atoms with E-state index in [1.165, 1.54) is 6.92 Å². The molecule has 5 rings (SSSR count). The summed E-state index contributed by atoms with van der Waals surface area (Å²) < 4.78 is 1.87. The summed E-state index contributed by atoms with van der Waals surface area (Å²) in [6.07, 6.45) is 3.96. The normalized spacial score (nSPS) is 13.8. The van der Waals surface area contributed by atoms with E-state index in [1.54, 1.807) is 24.5 Å². The number of rotatable bonds is 8. The molecule has 39 heavy (non-hydrogen) atoms. The number of hydrogen-bond donors (Lipinski definition) is 5. The van der Waals surface area contributed by atoms with E-state index in [0.29, 0.717) is 40.7 Å². The summed E-state index contributed by atoms with van der Waals surface area (Å²) in [4.78, 5) is 51.9. The Labute approximate surface area is 220 Å². The molecule has 13 heteroatoms. The number of para-hydroxylation sites is 2. The van der Waals surface area contributed by atoms with Gasteiger partial charge >= 0.3 is 0 Å². The lowest BCUT2D eigenvalue weighted by Crippen LogP contribution is -2.33. The van der Waals surface area contributed by atoms with Gasteiger partial charge in [-0.2, -0.15) is 0 Å². The Bertz CT molecular complexity index is 1730. The van der Waals surface area contributed by atoms with Crippen LogP contribution < -0.4 is 21.7 Å². The smallest absolute Gasteiger partial charge is 0.266 e. The predicted octanol–water partition coefficient (Wildman–Crippen LogP) is 2.13. The monoisotopic (exact) mass is 528 g/mol. The lowest BCUT2D eigenvalue weighted by Gasteiger charge is -2.10. The molecule has 0 saturated carbocycles. The first-order valence-electron chi connectivity index (χ1n) is 12.0. The van der Waals surface area contributed by atoms with E-state index in [-0.39, 0.29) is 29.6 Å². The number of benzene rings is 2. The van der Waals surface area contributed by atoms with E-state index in [1.807, 2.05) is 34.9 Å². The Kier molecular flexibility index (Phi) is 6.54. The number of hydrazone groups is 1. The van der Waals surface area contributed by atoms with Crippen molar-refractivity contribution < 1.29 is 19.4 Å². The number of fused-ring (bicyclic) bond motifs is 2. The van der Waals surface area contributed by atoms with Gasteiger partial charge in [0.15, 0.2) is 5.03 Å². The van der Waals surface area contributed by atoms with Crippen molar-refractivity contribution in [1.29, 1.82) is 0 Å². The number of amides is 3. The van der Waals surface area contributed by atoms with Crippen LogP contribution in [-0.4, -0.2) is 44.8 Å². The topological polar surface area (TPSA) is 190 Å². The summed E-state index contributed by atoms with van der Waals surface area (Å²) in [5, 5.41) is 22.0. The summed E-state index contributed by atoms with van der Waals surface area (Å²) >= 11 is 0. The van der Waals surface area contributed by atoms with Crippen molar-refractivity contribution in [2.75, 3.05) is 11.9 Å². The second kappa shape index (κ2) is 10.1. The van der Waals surface area contributed by atoms with E-state index in [9.17, 15) is 24.5 Å². The van der Waals surface area contributed by atoms with Gasteiger partial charge in [-0.3, -0.25) is 19.7 Å². The van der Waals surface area contributed by atoms with Crippen LogP contribution in [0.2, 0.25) is 0 Å². The summed E-state index contributed by atoms with van der Waals surface area (Å²) in [5.74, 6) is -1.60. The van der Waals surface area contributed by atoms with Gasteiger partial charge in [-0.05, 0) is 18.6 Å². The molecule has 0 aliphatic carbocycles. The van der Waals surface area contributed by atoms with Crippen molar-refractivity contribution in [2.24, 2.45) is 10.8 Å². The number of hydrogen-bond acceptors (Lipinski definition) is 5. The lowest BCUT2D eigenvalue weighted by molar-refractivity contribution is -0.485. The van der Waals surface area contributed by atoms with Gasteiger partial charge in [-0.25, -0.2) is 10.1 Å². The van der Waals surface area contributed by atoms with Crippen LogP contribution in [0.3, 0.4) is 0 Å². The number of imide groups is 1. The van der Waals surface area contributed by atoms with E-state index in [0.717, 1.165) is 10.9 Å². The summed E-state index contributed by atoms with van der Waals surface area (Å²) in [6.45, 7) is 2.08. The Morgan fingerprint density at radius 1 is 1.08 bits per heavy atom. The largest absolute Gasteiger partial charge is 0.365 e. The summed E-state index contributed by atoms with van der Waals surface area (Å²) in [5.41, 5.74) is 9.14. The van der Waals surface area contributed by atoms with Crippen molar-refractivity contribution in [3.05, 3.63) is 76.1 Å². The number of H-pyrrole nitrogens is 1. The molecule has 13 nitrogen and oxygen atoms in total. The van der Waals surface area contributed by atoms with Gasteiger partial charge in [0, 0.05) is 59.8 Å². The van der Waals surface area contributed by atoms with Crippen LogP contribution in [0.5, 0.6) is 0 Å². The minimum Gasteiger partial charge on any atom is -0.365 e. The Morgan fingerprint density at radius 3 is 2.54 bits per heavy atom. The second-order valence-electron chi connectivity index (χ2n) is 8.90. The number of anilines is 1. The number of nitrogens with one attached hydrogen (secondary N) is 4. The average molecular weight is 529 g/mol. The molecule has 0 fully saturated rings. The van der Waals surface area contributed by atoms with Gasteiger partial charge in [0.05, 0.1) is 22.4 Å². The molecule has 3 amide bonds. The highest BCUT2D eigenvalue weighted by Gasteiger charge is 2.35. The van der Waals surface area contributed by atoms with Gasteiger partial charge in [0.25, 0.3) is 17.8 Å². The average Bonchev–Trinajstić information content (AvgIpc) is 3.54. The van der Waals surface area contributed by atoms with Gasteiger partial charge in [-0.15, -0.1) is 0 Å². The maximum Gasteiger partial charge on any atom is 0.266 e. The number of aromatic nitrogens is 2. The molecule has 6 N–H and O–H groups in total. The van der Waals surface area contributed by atoms with E-state index < -0.39 is 16.8 Å². The van der Waals surface area contributed by atoms with Gasteiger partial charge < -0.3 is 25.9 Å². The zero-order chi connectivity index (χ0) is 27.7. The molecule has 2 aromatic heterocycles. The van der Waals surface area contributed by atoms with Crippen molar-refractivity contribution in [2.45, 2.75) is 19.9 Å². The number of nitrogens with two attached hydrogens (primary N) is 1. The molecular formula is C26H24N8O5. The fraction of sp³-hybridized carbons (Fsp3) is 0.154. The number of guanidine groups is 1. The molecule has 1 aliphatic rings. The molecule has 0 radical (unpaired) electrons. The van der Waals surface area contributed by atoms with Gasteiger partial charge in [-0.1, -0.05) is 30.3 Å². The van der Waals surface area contributed by atoms with Crippen LogP contribution in [0.25, 0.3) is 33.0 Å². The second-order valence-corrected chi connectivity index (χ2v) is 8.90. The molecule has 0 atom stereocenters. The summed E-state index contributed by atoms with van der Waals surface area (Å²) in [7, 11) is 0. The molecule has 2 aromatic carbocycles. The van der Waals surface area contributed by atoms with Crippen LogP contribution >= 0.6 is 0 Å². The highest BCUT2D eigenvalue weighted by molar-refractivity contribution is 6.50. The number of carbonyl (C=O) groups excluding carboxylic acids is 3. The lowest BCUT2D eigenvalue weighted by atomic mass is 9.95. The number of carbonyl (C=O) groups is 3. The van der Waals surface area contributed by atoms with Crippen molar-refractivity contribution in [1.82, 2.24) is 20.2 Å². The SMILES string of the molecule is CC(=O)Nc1cccc2c(C3=C(c4c[nH]c5ccccc45)C(=O)NC3=O)cn(CCCNC(N)=N[N+](=O)[O-])c12. The summed E-state index contributed by atoms with van der Waals surface area (Å²) in [6, 6.07) is 12.8. The first-order valence-corrected chi connectivity index (χ1v) is 12.0. The molecule has 0 spiro atoms. The third-order valence-electron chi connectivity index (χ3n) is 6.34. The molecule has 0 bridgehead atoms. The third kappa shape index (κ3) is 4.80. The number of nitro groups is 1. The van der Waals surface area contributed by atoms with Crippen LogP contribution in [0.4, 0.5) is 5.69 Å². The Hall–Kier alpha value is -5.46. The molecular weight excluding hydrogens is 504 g/mol. The zero-order valence-corrected chi connectivity index (χ0v) is 20.8. The van der Waals surface area contributed by atoms with Crippen LogP contribution in [0.15, 0.2) is 60.0 Å². The molecule has 198 valence electrons. The van der Waals surface area contributed by atoms with E-state index >= 15 is 0 Å². The van der Waals surface area contributed by atoms with E-state index in [4.69, 9.17) is 5.73 Å². The third-order valence-corrected chi connectivity index (χ3v) is 6.34. The maximum atomic E-state index is 13.2. The van der Waals surface area contributed by atoms with Gasteiger partial charge in [0.2, 0.25) is 5.91 Å². The van der Waals surface area contributed by atoms with Crippen molar-refractivity contribution in [3.8, 4) is 0 Å². The van der Waals surface area contributed by atoms with Crippen molar-refractivity contribution >= 4 is 62.3 Å². The highest BCUT2D eigenvalue weighted by atomic mass is 16.7. The predicted molar refractivity (Wildman–Crippen MR) is 146 cm³/mol. The van der Waals surface area contributed by atoms with Crippen LogP contribution in [-0.2, 0) is 20.9 Å². The molecule has 0 saturated heterocycles. The first kappa shape index (κ1) is 25.2. The minimum absolute atomic E-state index is 0.231. The standard InChI is InChI=1S/C26H24N8O5/c1-14(35)30-20-9-4-7-16-18(13-33(23(16)20)11-5-10-28-26(27)32-34(38)39)22-21(24(36)31-25(22)37)17-12-29-19-8-3-2-6-15(17)19/h2-4,6-9,12-13,29H,5,10-11H2,1H3,(H,30,35)(H3,27,28,32)(H,31,36,37). The fourth-order valence-corrected chi connectivity index (χ4v) is 4.86. The minimum atomic E-state index is -0.888. The molecule has 0 unspecified atom stereocenters. The zero-order valence-electron chi connectivity index (χ0n) is 20.8. The highest BCUT2D eigenvalue weighted by Crippen LogP contribution is 2.39. The first-order chi connectivity index (χ1) is 18.7. The fourth-order valence-electron chi connectivity index (χ4n) is 4.86. The van der Waals surface area contributed by atoms with Crippen LogP contribution in [0, 0.1) is 10.1 Å². The van der Waals surface area contributed by atoms with Crippen molar-refractivity contribution in [3.63, 3.8) is 0 Å². The van der Waals surface area contributed by atoms with E-state index in [2.05, 4.69) is 26.0 Å². The molecule has 4 aromatic rings. The number of nitrogens with zero attached hydrogens (tertiary/aromatic N) is 3.